The van der Waals surface area contributed by atoms with Crippen molar-refractivity contribution in [2.24, 2.45) is 0 Å². The lowest BCUT2D eigenvalue weighted by molar-refractivity contribution is -0.109. The third-order valence-corrected chi connectivity index (χ3v) is 2.25. The fraction of sp³-hybridized carbons (Fsp3) is 0.125. The van der Waals surface area contributed by atoms with Crippen LogP contribution in [0.2, 0.25) is 10.0 Å². The molecule has 64 valence electrons. The lowest BCUT2D eigenvalue weighted by Gasteiger charge is -2.19. The third-order valence-electron chi connectivity index (χ3n) is 1.37. The Kier molecular flexibility index (Phi) is 2.99. The number of carbonyl (C=O) groups is 1. The molecule has 0 fully saturated rings. The van der Waals surface area contributed by atoms with Gasteiger partial charge in [0, 0.05) is 18.1 Å². The minimum Gasteiger partial charge on any atom is -0.282 e. The molecule has 0 amide bonds. The van der Waals surface area contributed by atoms with Crippen molar-refractivity contribution >= 4 is 40.0 Å². The predicted molar refractivity (Wildman–Crippen MR) is 52.0 cm³/mol. The maximum absolute atomic E-state index is 9.21. The Morgan fingerprint density at radius 3 is 1.50 bits per heavy atom. The molecule has 0 saturated heterocycles. The molecule has 2 aliphatic rings. The minimum atomic E-state index is -0.361. The average molecular weight is 223 g/mol. The highest BCUT2D eigenvalue weighted by Crippen LogP contribution is 2.49. The van der Waals surface area contributed by atoms with Gasteiger partial charge >= 0.3 is 0 Å². The van der Waals surface area contributed by atoms with Crippen LogP contribution in [0.15, 0.2) is 12.1 Å². The zero-order valence-electron chi connectivity index (χ0n) is 6.20. The van der Waals surface area contributed by atoms with Gasteiger partial charge in [-0.1, -0.05) is 35.3 Å². The quantitative estimate of drug-likeness (QED) is 0.622. The first-order valence-corrected chi connectivity index (χ1v) is 4.32. The van der Waals surface area contributed by atoms with Crippen molar-refractivity contribution in [3.8, 4) is 11.1 Å². The van der Waals surface area contributed by atoms with Gasteiger partial charge in [0.05, 0.1) is 10.0 Å². The first kappa shape index (κ1) is 9.85. The van der Waals surface area contributed by atoms with Crippen molar-refractivity contribution in [2.45, 2.75) is 6.92 Å². The van der Waals surface area contributed by atoms with Crippen LogP contribution < -0.4 is 0 Å². The number of halogens is 3. The van der Waals surface area contributed by atoms with Crippen LogP contribution in [-0.2, 0) is 4.79 Å². The monoisotopic (exact) mass is 222 g/mol. The van der Waals surface area contributed by atoms with Gasteiger partial charge in [0.2, 0.25) is 5.24 Å². The summed E-state index contributed by atoms with van der Waals surface area (Å²) in [6.07, 6.45) is 0. The summed E-state index contributed by atoms with van der Waals surface area (Å²) in [5.41, 5.74) is 2.24. The first-order chi connectivity index (χ1) is 5.54. The van der Waals surface area contributed by atoms with Gasteiger partial charge in [-0.15, -0.1) is 0 Å². The second-order valence-corrected chi connectivity index (χ2v) is 3.55. The second kappa shape index (κ2) is 3.65. The number of benzene rings is 1. The van der Waals surface area contributed by atoms with E-state index in [4.69, 9.17) is 23.2 Å². The first-order valence-electron chi connectivity index (χ1n) is 3.18. The molecule has 0 aromatic rings. The van der Waals surface area contributed by atoms with Gasteiger partial charge in [-0.2, -0.15) is 0 Å². The van der Waals surface area contributed by atoms with Crippen LogP contribution in [0, 0.1) is 0 Å². The molecule has 2 rings (SSSR count). The smallest absolute Gasteiger partial charge is 0.218 e. The van der Waals surface area contributed by atoms with E-state index in [2.05, 4.69) is 11.6 Å². The van der Waals surface area contributed by atoms with E-state index in [0.717, 1.165) is 21.2 Å². The summed E-state index contributed by atoms with van der Waals surface area (Å²) in [5, 5.41) is 1.09. The fourth-order valence-corrected chi connectivity index (χ4v) is 1.34. The summed E-state index contributed by atoms with van der Waals surface area (Å²) in [6.45, 7) is 1.29. The summed E-state index contributed by atoms with van der Waals surface area (Å²) >= 11 is 15.9. The number of rotatable bonds is 0. The van der Waals surface area contributed by atoms with Gasteiger partial charge in [-0.3, -0.25) is 4.79 Å². The van der Waals surface area contributed by atoms with E-state index in [-0.39, 0.29) is 5.24 Å². The minimum absolute atomic E-state index is 0.361. The van der Waals surface area contributed by atoms with Gasteiger partial charge in [-0.25, -0.2) is 0 Å². The fourth-order valence-electron chi connectivity index (χ4n) is 0.807. The van der Waals surface area contributed by atoms with Crippen molar-refractivity contribution in [3.05, 3.63) is 22.2 Å². The van der Waals surface area contributed by atoms with Crippen molar-refractivity contribution in [1.82, 2.24) is 0 Å². The maximum Gasteiger partial charge on any atom is 0.218 e. The average Bonchev–Trinajstić information content (AvgIpc) is 1.84. The molecule has 0 bridgehead atoms. The molecule has 0 N–H and O–H groups in total. The molecule has 0 aromatic heterocycles. The molecular formula is C8H5Cl3O. The van der Waals surface area contributed by atoms with E-state index in [1.165, 1.54) is 6.92 Å². The molecule has 0 atom stereocenters. The highest BCUT2D eigenvalue weighted by molar-refractivity contribution is 6.62. The summed E-state index contributed by atoms with van der Waals surface area (Å²) in [5.74, 6) is 0. The summed E-state index contributed by atoms with van der Waals surface area (Å²) in [4.78, 5) is 9.21. The van der Waals surface area contributed by atoms with Gasteiger partial charge in [0.15, 0.2) is 0 Å². The van der Waals surface area contributed by atoms with Crippen LogP contribution in [0.5, 0.6) is 0 Å². The second-order valence-electron chi connectivity index (χ2n) is 2.26. The third kappa shape index (κ3) is 1.74. The Balaban J connectivity index is 0.000000157. The van der Waals surface area contributed by atoms with Gasteiger partial charge in [0.25, 0.3) is 0 Å². The highest BCUT2D eigenvalue weighted by Gasteiger charge is 2.22. The molecule has 2 aliphatic carbocycles. The molecule has 0 saturated carbocycles. The van der Waals surface area contributed by atoms with E-state index in [0.29, 0.717) is 0 Å². The van der Waals surface area contributed by atoms with Gasteiger partial charge < -0.3 is 0 Å². The maximum atomic E-state index is 9.21. The topological polar surface area (TPSA) is 17.1 Å². The number of hydrogen-bond donors (Lipinski definition) is 0. The van der Waals surface area contributed by atoms with Crippen molar-refractivity contribution < 1.29 is 4.79 Å². The Morgan fingerprint density at radius 2 is 1.42 bits per heavy atom. The number of carbonyl (C=O) groups excluding carboxylic acids is 1. The van der Waals surface area contributed by atoms with Gasteiger partial charge in [-0.05, 0) is 11.6 Å². The zero-order chi connectivity index (χ0) is 9.30. The molecule has 0 radical (unpaired) electrons. The molecule has 0 unspecified atom stereocenters. The van der Waals surface area contributed by atoms with Crippen LogP contribution in [-0.4, -0.2) is 5.24 Å². The lowest BCUT2D eigenvalue weighted by Crippen LogP contribution is -1.93. The molecule has 0 aliphatic heterocycles. The molecule has 0 heterocycles. The molecule has 0 aromatic carbocycles. The van der Waals surface area contributed by atoms with E-state index in [1.807, 2.05) is 12.1 Å². The van der Waals surface area contributed by atoms with E-state index in [1.54, 1.807) is 0 Å². The standard InChI is InChI=1S/C6H2Cl2.C2H3ClO/c7-5-3-1-2-4(3)6(5)8;1-2(3)4/h1-2H;1H3. The van der Waals surface area contributed by atoms with Crippen LogP contribution in [0.1, 0.15) is 6.92 Å². The van der Waals surface area contributed by atoms with E-state index < -0.39 is 0 Å². The predicted octanol–water partition coefficient (Wildman–Crippen LogP) is 3.75. The molecule has 12 heavy (non-hydrogen) atoms. The van der Waals surface area contributed by atoms with Crippen LogP contribution in [0.3, 0.4) is 0 Å². The van der Waals surface area contributed by atoms with Crippen LogP contribution in [0.4, 0.5) is 0 Å². The van der Waals surface area contributed by atoms with E-state index in [9.17, 15) is 4.79 Å². The SMILES string of the molecule is CC(=O)Cl.Clc1c2ccc-2c1Cl. The van der Waals surface area contributed by atoms with Gasteiger partial charge in [0.1, 0.15) is 0 Å². The molecule has 4 heteroatoms. The lowest BCUT2D eigenvalue weighted by atomic mass is 9.94. The molecule has 1 nitrogen and oxygen atoms in total. The summed E-state index contributed by atoms with van der Waals surface area (Å²) in [6, 6.07) is 3.92. The van der Waals surface area contributed by atoms with Crippen LogP contribution in [0.25, 0.3) is 11.1 Å². The summed E-state index contributed by atoms with van der Waals surface area (Å²) in [7, 11) is 0. The van der Waals surface area contributed by atoms with Crippen LogP contribution >= 0.6 is 34.8 Å². The van der Waals surface area contributed by atoms with E-state index >= 15 is 0 Å². The Morgan fingerprint density at radius 1 is 1.17 bits per heavy atom. The Bertz CT molecular complexity index is 302. The van der Waals surface area contributed by atoms with Crippen molar-refractivity contribution in [2.75, 3.05) is 0 Å². The number of hydrogen-bond acceptors (Lipinski definition) is 1. The highest BCUT2D eigenvalue weighted by atomic mass is 35.5. The van der Waals surface area contributed by atoms with Crippen molar-refractivity contribution in [3.63, 3.8) is 0 Å². The summed E-state index contributed by atoms with van der Waals surface area (Å²) < 4.78 is 0. The Labute approximate surface area is 85.2 Å². The molecular weight excluding hydrogens is 218 g/mol. The Hall–Kier alpha value is -0.240. The normalized spacial score (nSPS) is 10.0. The largest absolute Gasteiger partial charge is 0.282 e. The zero-order valence-corrected chi connectivity index (χ0v) is 8.46. The molecule has 0 spiro atoms. The van der Waals surface area contributed by atoms with Crippen molar-refractivity contribution in [1.29, 1.82) is 0 Å². The number of fused-ring (bicyclic) bond motifs is 1.